The molecule has 0 rings (SSSR count). The summed E-state index contributed by atoms with van der Waals surface area (Å²) in [5, 5.41) is 70.0. The Morgan fingerprint density at radius 3 is 0.667 bits per heavy atom. The zero-order chi connectivity index (χ0) is 13.5. The Hall–Kier alpha value is -0.875. The van der Waals surface area contributed by atoms with Crippen molar-refractivity contribution in [1.82, 2.24) is 0 Å². The monoisotopic (exact) mass is 372 g/mol. The fourth-order valence-electron chi connectivity index (χ4n) is 0. The Morgan fingerprint density at radius 2 is 0.667 bits per heavy atom. The molecule has 0 aromatic rings. The van der Waals surface area contributed by atoms with Gasteiger partial charge in [-0.25, -0.2) is 5.26 Å². The first kappa shape index (κ1) is 53.5. The van der Waals surface area contributed by atoms with Crippen LogP contribution in [0.5, 0.6) is 0 Å². The maximum absolute atomic E-state index is 8.24. The van der Waals surface area contributed by atoms with E-state index in [0.29, 0.717) is 6.26 Å². The predicted molar refractivity (Wildman–Crippen MR) is 35.8 cm³/mol. The second kappa shape index (κ2) is 217. The van der Waals surface area contributed by atoms with Crippen molar-refractivity contribution >= 4 is 0 Å². The van der Waals surface area contributed by atoms with Gasteiger partial charge < -0.3 is 25.5 Å². The van der Waals surface area contributed by atoms with Crippen LogP contribution in [0.2, 0.25) is 0 Å². The standard InChI is InChI=1S/5CHNO.Cu.Fe.K/c5*2-1-3;;;/h5*3H;;;/q;;;;;;;+1/p-1. The van der Waals surface area contributed by atoms with Crippen molar-refractivity contribution in [1.29, 1.82) is 26.3 Å². The molecule has 0 aromatic carbocycles. The topological polar surface area (TPSA) is 223 Å². The summed E-state index contributed by atoms with van der Waals surface area (Å²) >= 11 is 0. The third-order valence-electron chi connectivity index (χ3n) is 0. The Bertz CT molecular complexity index is 217. The van der Waals surface area contributed by atoms with Gasteiger partial charge in [0.2, 0.25) is 0 Å². The van der Waals surface area contributed by atoms with Crippen LogP contribution in [0.1, 0.15) is 0 Å². The molecule has 0 aliphatic rings. The first-order valence-corrected chi connectivity index (χ1v) is 2.22. The largest absolute Gasteiger partial charge is 1.00 e. The number of aliphatic hydroxyl groups excluding tert-OH is 4. The van der Waals surface area contributed by atoms with E-state index in [4.69, 9.17) is 51.8 Å². The van der Waals surface area contributed by atoms with Gasteiger partial charge in [-0.3, -0.25) is 0 Å². The van der Waals surface area contributed by atoms with E-state index >= 15 is 0 Å². The molecular weight excluding hydrogens is 369 g/mol. The van der Waals surface area contributed by atoms with Crippen LogP contribution in [0.4, 0.5) is 0 Å². The molecule has 1 radical (unpaired) electrons. The molecule has 0 saturated carbocycles. The first-order valence-electron chi connectivity index (χ1n) is 2.22. The van der Waals surface area contributed by atoms with Crippen molar-refractivity contribution < 1.29 is 111 Å². The van der Waals surface area contributed by atoms with Crippen molar-refractivity contribution in [2.75, 3.05) is 0 Å². The van der Waals surface area contributed by atoms with E-state index in [1.165, 1.54) is 0 Å². The average molecular weight is 373 g/mol. The molecule has 99 valence electrons. The Labute approximate surface area is 166 Å². The Kier molecular flexibility index (Phi) is 644. The Balaban J connectivity index is -0.0000000111. The summed E-state index contributed by atoms with van der Waals surface area (Å²) < 4.78 is 0. The maximum Gasteiger partial charge on any atom is 1.00 e. The zero-order valence-electron chi connectivity index (χ0n) is 8.59. The fourth-order valence-corrected chi connectivity index (χ4v) is 0. The quantitative estimate of drug-likeness (QED) is 0.234. The van der Waals surface area contributed by atoms with E-state index in [1.807, 2.05) is 0 Å². The van der Waals surface area contributed by atoms with Crippen LogP contribution in [0, 0.1) is 57.6 Å². The smallest absolute Gasteiger partial charge is 0.812 e. The number of rotatable bonds is 0. The molecule has 0 heterocycles. The van der Waals surface area contributed by atoms with E-state index < -0.39 is 0 Å². The number of hydrogen-bond donors (Lipinski definition) is 4. The molecule has 0 aromatic heterocycles. The van der Waals surface area contributed by atoms with E-state index in [-0.39, 0.29) is 85.5 Å². The molecule has 0 saturated heterocycles. The maximum atomic E-state index is 8.24. The Morgan fingerprint density at radius 1 is 0.667 bits per heavy atom. The van der Waals surface area contributed by atoms with Crippen LogP contribution >= 0.6 is 0 Å². The van der Waals surface area contributed by atoms with Gasteiger partial charge in [0, 0.05) is 40.4 Å². The third-order valence-corrected chi connectivity index (χ3v) is 0. The van der Waals surface area contributed by atoms with Gasteiger partial charge in [0.05, 0.1) is 0 Å². The fraction of sp³-hybridized carbons (Fsp3) is 0. The van der Waals surface area contributed by atoms with Gasteiger partial charge in [-0.1, -0.05) is 0 Å². The summed E-state index contributed by atoms with van der Waals surface area (Å²) in [4.78, 5) is 0. The van der Waals surface area contributed by atoms with E-state index in [0.717, 1.165) is 25.0 Å². The SMILES string of the molecule is N#CO.N#CO.N#CO.N#CO.N#C[O-].[Cu].[Fe].[K+]. The summed E-state index contributed by atoms with van der Waals surface area (Å²) in [5.74, 6) is 0. The number of aliphatic hydroxyl groups is 4. The van der Waals surface area contributed by atoms with Crippen molar-refractivity contribution in [3.63, 3.8) is 0 Å². The first-order chi connectivity index (χ1) is 7.07. The molecule has 0 bridgehead atoms. The van der Waals surface area contributed by atoms with Gasteiger partial charge in [-0.15, -0.1) is 0 Å². The predicted octanol–water partition coefficient (Wildman–Crippen LogP) is -4.81. The van der Waals surface area contributed by atoms with Gasteiger partial charge in [0.15, 0.2) is 0 Å². The number of nitrogens with zero attached hydrogens (tertiary/aromatic N) is 5. The third kappa shape index (κ3) is 3940. The normalized spacial score (nSPS) is 1.94. The minimum Gasteiger partial charge on any atom is -0.812 e. The molecule has 0 spiro atoms. The van der Waals surface area contributed by atoms with Crippen LogP contribution < -0.4 is 56.5 Å². The average Bonchev–Trinajstić information content (AvgIpc) is 2.09. The number of nitriles is 5. The molecule has 0 aliphatic heterocycles. The second-order valence-electron chi connectivity index (χ2n) is 0.491. The zero-order valence-corrected chi connectivity index (χ0v) is 13.8. The molecule has 0 amide bonds. The molecule has 0 aliphatic carbocycles. The molecule has 18 heavy (non-hydrogen) atoms. The molecule has 4 N–H and O–H groups in total. The van der Waals surface area contributed by atoms with Crippen LogP contribution in [0.15, 0.2) is 0 Å². The molecule has 13 heteroatoms. The summed E-state index contributed by atoms with van der Waals surface area (Å²) in [6, 6.07) is 0. The van der Waals surface area contributed by atoms with E-state index in [1.54, 1.807) is 0 Å². The minimum absolute atomic E-state index is 0. The van der Waals surface area contributed by atoms with Crippen LogP contribution in [-0.4, -0.2) is 20.4 Å². The summed E-state index contributed by atoms with van der Waals surface area (Å²) in [6.07, 6.45) is 3.50. The van der Waals surface area contributed by atoms with Gasteiger partial charge in [0.1, 0.15) is 0 Å². The number of hydrogen-bond acceptors (Lipinski definition) is 10. The van der Waals surface area contributed by atoms with Gasteiger partial charge in [-0.2, -0.15) is 21.0 Å². The molecule has 10 nitrogen and oxygen atoms in total. The van der Waals surface area contributed by atoms with Crippen molar-refractivity contribution in [3.8, 4) is 31.3 Å². The summed E-state index contributed by atoms with van der Waals surface area (Å²) in [5.41, 5.74) is 0. The van der Waals surface area contributed by atoms with Crippen molar-refractivity contribution in [2.24, 2.45) is 0 Å². The summed E-state index contributed by atoms with van der Waals surface area (Å²) in [7, 11) is 0. The van der Waals surface area contributed by atoms with Crippen LogP contribution in [-0.2, 0) is 34.1 Å². The molecule has 0 unspecified atom stereocenters. The van der Waals surface area contributed by atoms with Gasteiger partial charge in [-0.05, 0) is 0 Å². The van der Waals surface area contributed by atoms with Gasteiger partial charge in [0.25, 0.3) is 25.0 Å². The van der Waals surface area contributed by atoms with E-state index in [2.05, 4.69) is 0 Å². The molecular formula is C5H4CuFeKN5O5. The van der Waals surface area contributed by atoms with Crippen molar-refractivity contribution in [2.45, 2.75) is 0 Å². The van der Waals surface area contributed by atoms with E-state index in [9.17, 15) is 0 Å². The molecule has 0 fully saturated rings. The van der Waals surface area contributed by atoms with Crippen LogP contribution in [0.25, 0.3) is 0 Å². The second-order valence-corrected chi connectivity index (χ2v) is 0.491. The minimum atomic E-state index is 0. The van der Waals surface area contributed by atoms with Gasteiger partial charge >= 0.3 is 51.4 Å². The van der Waals surface area contributed by atoms with Crippen molar-refractivity contribution in [3.05, 3.63) is 0 Å². The summed E-state index contributed by atoms with van der Waals surface area (Å²) in [6.45, 7) is 0. The molecule has 0 atom stereocenters. The van der Waals surface area contributed by atoms with Crippen LogP contribution in [0.3, 0.4) is 0 Å².